The normalized spacial score (nSPS) is 15.3. The van der Waals surface area contributed by atoms with Gasteiger partial charge in [-0.15, -0.1) is 0 Å². The molecule has 61 heavy (non-hydrogen) atoms. The predicted molar refractivity (Wildman–Crippen MR) is 275 cm³/mol. The molecule has 0 aromatic carbocycles. The molecule has 0 spiro atoms. The van der Waals surface area contributed by atoms with Crippen LogP contribution in [-0.4, -0.2) is 56.1 Å². The van der Waals surface area contributed by atoms with Crippen molar-refractivity contribution in [1.82, 2.24) is 0 Å². The van der Waals surface area contributed by atoms with Crippen LogP contribution >= 0.6 is 0 Å². The Labute approximate surface area is 387 Å². The molecule has 0 bridgehead atoms. The van der Waals surface area contributed by atoms with Crippen LogP contribution in [0.3, 0.4) is 0 Å². The van der Waals surface area contributed by atoms with Crippen LogP contribution in [0.5, 0.6) is 0 Å². The van der Waals surface area contributed by atoms with Crippen LogP contribution in [-0.2, 0) is 0 Å². The van der Waals surface area contributed by atoms with Crippen molar-refractivity contribution in [3.63, 3.8) is 0 Å². The van der Waals surface area contributed by atoms with Gasteiger partial charge in [0.25, 0.3) is 0 Å². The Balaban J connectivity index is -0.000000214. The Morgan fingerprint density at radius 2 is 0.475 bits per heavy atom. The monoisotopic (exact) mass is 875 g/mol. The number of hydrogen-bond acceptors (Lipinski definition) is 5. The SMILES string of the molecule is CC(C)(C)CC(O)C(C)(C)C.CC(C)(C)CC(O)CC(C)(C)C.CC(C)(C)CC(O)CC(C)(C)C.CC(C)(C)CCC(O)CC(C)(C)C.CC(C)(C)CCCC(O)C(C)(C)C. The summed E-state index contributed by atoms with van der Waals surface area (Å²) in [5, 5.41) is 48.7. The average Bonchev–Trinajstić information content (AvgIpc) is 2.85. The third kappa shape index (κ3) is 66.5. The molecule has 0 rings (SSSR count). The van der Waals surface area contributed by atoms with Crippen LogP contribution in [0.1, 0.15) is 278 Å². The quantitative estimate of drug-likeness (QED) is 0.142. The van der Waals surface area contributed by atoms with Crippen molar-refractivity contribution in [2.45, 2.75) is 309 Å². The summed E-state index contributed by atoms with van der Waals surface area (Å²) < 4.78 is 0. The van der Waals surface area contributed by atoms with Gasteiger partial charge in [0.05, 0.1) is 30.5 Å². The molecule has 5 nitrogen and oxygen atoms in total. The number of rotatable bonds is 11. The minimum Gasteiger partial charge on any atom is -0.393 e. The van der Waals surface area contributed by atoms with Crippen molar-refractivity contribution in [3.8, 4) is 0 Å². The van der Waals surface area contributed by atoms with Crippen molar-refractivity contribution in [2.75, 3.05) is 0 Å². The van der Waals surface area contributed by atoms with Crippen LogP contribution in [0.2, 0.25) is 0 Å². The summed E-state index contributed by atoms with van der Waals surface area (Å²) in [6.07, 6.45) is 9.86. The van der Waals surface area contributed by atoms with Gasteiger partial charge in [0.1, 0.15) is 0 Å². The lowest BCUT2D eigenvalue weighted by Crippen LogP contribution is -2.30. The van der Waals surface area contributed by atoms with Gasteiger partial charge in [-0.1, -0.05) is 214 Å². The largest absolute Gasteiger partial charge is 0.393 e. The fourth-order valence-corrected chi connectivity index (χ4v) is 6.53. The standard InChI is InChI=1S/2C12H26O.2C11H24O.C10H22O/c1-11(2,3)8-7-10(13)9-12(4,5)6;1-11(2,3)9-7-8-10(13)12(4,5)6;2*1-10(2,3)7-9(12)8-11(4,5)6;1-9(2,3)7-8(11)10(4,5)6/h2*10,13H,7-9H2,1-6H3;2*9,12H,7-8H2,1-6H3;8,11H,7H2,1-6H3. The molecular formula is C56H122O5. The molecule has 0 aliphatic heterocycles. The molecule has 0 saturated carbocycles. The van der Waals surface area contributed by atoms with Gasteiger partial charge >= 0.3 is 0 Å². The Bertz CT molecular complexity index is 969. The highest BCUT2D eigenvalue weighted by atomic mass is 16.3. The maximum atomic E-state index is 9.78. The molecule has 0 heterocycles. The second-order valence-electron chi connectivity index (χ2n) is 30.9. The summed E-state index contributed by atoms with van der Waals surface area (Å²) in [6.45, 7) is 64.9. The zero-order valence-corrected chi connectivity index (χ0v) is 47.9. The van der Waals surface area contributed by atoms with Crippen LogP contribution < -0.4 is 0 Å². The third-order valence-electron chi connectivity index (χ3n) is 9.68. The topological polar surface area (TPSA) is 101 Å². The molecular weight excluding hydrogens is 753 g/mol. The van der Waals surface area contributed by atoms with E-state index >= 15 is 0 Å². The lowest BCUT2D eigenvalue weighted by molar-refractivity contribution is 0.0284. The van der Waals surface area contributed by atoms with Gasteiger partial charge in [0.2, 0.25) is 0 Å². The van der Waals surface area contributed by atoms with E-state index in [-0.39, 0.29) is 73.8 Å². The Morgan fingerprint density at radius 3 is 0.656 bits per heavy atom. The maximum Gasteiger partial charge on any atom is 0.0593 e. The molecule has 3 unspecified atom stereocenters. The van der Waals surface area contributed by atoms with Gasteiger partial charge in [-0.25, -0.2) is 0 Å². The second kappa shape index (κ2) is 28.1. The summed E-state index contributed by atoms with van der Waals surface area (Å²) in [4.78, 5) is 0. The molecule has 0 fully saturated rings. The first-order chi connectivity index (χ1) is 26.1. The first kappa shape index (κ1) is 69.8. The number of aliphatic hydroxyl groups excluding tert-OH is 5. The first-order valence-corrected chi connectivity index (χ1v) is 24.5. The average molecular weight is 876 g/mol. The van der Waals surface area contributed by atoms with Crippen molar-refractivity contribution in [1.29, 1.82) is 0 Å². The highest BCUT2D eigenvalue weighted by molar-refractivity contribution is 4.78. The van der Waals surface area contributed by atoms with Gasteiger partial charge in [-0.2, -0.15) is 0 Å². The minimum atomic E-state index is -0.192. The van der Waals surface area contributed by atoms with Gasteiger partial charge < -0.3 is 25.5 Å². The molecule has 5 N–H and O–H groups in total. The molecule has 0 radical (unpaired) electrons. The molecule has 0 saturated heterocycles. The van der Waals surface area contributed by atoms with E-state index in [1.54, 1.807) is 0 Å². The molecule has 0 aliphatic carbocycles. The van der Waals surface area contributed by atoms with E-state index in [1.165, 1.54) is 6.42 Å². The summed E-state index contributed by atoms with van der Waals surface area (Å²) in [5.41, 5.74) is 2.25. The van der Waals surface area contributed by atoms with Crippen LogP contribution in [0.4, 0.5) is 0 Å². The predicted octanol–water partition coefficient (Wildman–Crippen LogP) is 16.5. The van der Waals surface area contributed by atoms with Crippen LogP contribution in [0.25, 0.3) is 0 Å². The summed E-state index contributed by atoms with van der Waals surface area (Å²) in [6, 6.07) is 0. The van der Waals surface area contributed by atoms with Crippen LogP contribution in [0.15, 0.2) is 0 Å². The fourth-order valence-electron chi connectivity index (χ4n) is 6.53. The van der Waals surface area contributed by atoms with Gasteiger partial charge in [0, 0.05) is 0 Å². The zero-order valence-electron chi connectivity index (χ0n) is 47.9. The lowest BCUT2D eigenvalue weighted by atomic mass is 9.79. The summed E-state index contributed by atoms with van der Waals surface area (Å²) >= 11 is 0. The van der Waals surface area contributed by atoms with Crippen molar-refractivity contribution in [2.24, 2.45) is 54.1 Å². The molecule has 0 aromatic heterocycles. The van der Waals surface area contributed by atoms with Crippen LogP contribution in [0, 0.1) is 54.1 Å². The third-order valence-corrected chi connectivity index (χ3v) is 9.68. The van der Waals surface area contributed by atoms with E-state index in [9.17, 15) is 25.5 Å². The molecule has 0 amide bonds. The molecule has 3 atom stereocenters. The summed E-state index contributed by atoms with van der Waals surface area (Å²) in [5.74, 6) is 0. The van der Waals surface area contributed by atoms with Crippen molar-refractivity contribution in [3.05, 3.63) is 0 Å². The van der Waals surface area contributed by atoms with Crippen molar-refractivity contribution >= 4 is 0 Å². The Hall–Kier alpha value is -0.200. The second-order valence-corrected chi connectivity index (χ2v) is 30.9. The Kier molecular flexibility index (Phi) is 32.2. The van der Waals surface area contributed by atoms with E-state index in [1.807, 2.05) is 0 Å². The molecule has 376 valence electrons. The highest BCUT2D eigenvalue weighted by Crippen LogP contribution is 2.32. The fraction of sp³-hybridized carbons (Fsp3) is 1.00. The summed E-state index contributed by atoms with van der Waals surface area (Å²) in [7, 11) is 0. The van der Waals surface area contributed by atoms with E-state index in [4.69, 9.17) is 0 Å². The highest BCUT2D eigenvalue weighted by Gasteiger charge is 2.27. The van der Waals surface area contributed by atoms with Gasteiger partial charge in [-0.3, -0.25) is 0 Å². The molecule has 0 aromatic rings. The van der Waals surface area contributed by atoms with Gasteiger partial charge in [0.15, 0.2) is 0 Å². The zero-order chi connectivity index (χ0) is 50.7. The van der Waals surface area contributed by atoms with E-state index in [2.05, 4.69) is 208 Å². The maximum absolute atomic E-state index is 9.78. The van der Waals surface area contributed by atoms with E-state index in [0.29, 0.717) is 10.8 Å². The van der Waals surface area contributed by atoms with Crippen molar-refractivity contribution < 1.29 is 25.5 Å². The number of aliphatic hydroxyl groups is 5. The van der Waals surface area contributed by atoms with E-state index < -0.39 is 0 Å². The smallest absolute Gasteiger partial charge is 0.0593 e. The first-order valence-electron chi connectivity index (χ1n) is 24.5. The van der Waals surface area contributed by atoms with Gasteiger partial charge in [-0.05, 0) is 118 Å². The van der Waals surface area contributed by atoms with E-state index in [0.717, 1.165) is 64.2 Å². The molecule has 0 aliphatic rings. The lowest BCUT2D eigenvalue weighted by Gasteiger charge is -2.31. The number of hydrogen-bond donors (Lipinski definition) is 5. The molecule has 5 heteroatoms. The minimum absolute atomic E-state index is 0.0211. The Morgan fingerprint density at radius 1 is 0.246 bits per heavy atom.